The molecule has 1 aromatic rings. The first-order valence-electron chi connectivity index (χ1n) is 5.47. The molecule has 8 heteroatoms. The van der Waals surface area contributed by atoms with Crippen molar-refractivity contribution < 1.29 is 17.6 Å². The van der Waals surface area contributed by atoms with Crippen LogP contribution in [-0.2, 0) is 10.0 Å². The highest BCUT2D eigenvalue weighted by Gasteiger charge is 2.11. The Labute approximate surface area is 116 Å². The summed E-state index contributed by atoms with van der Waals surface area (Å²) in [6, 6.07) is 3.77. The van der Waals surface area contributed by atoms with Crippen LogP contribution in [0.1, 0.15) is 16.8 Å². The van der Waals surface area contributed by atoms with E-state index in [9.17, 15) is 17.6 Å². The van der Waals surface area contributed by atoms with Gasteiger partial charge in [-0.05, 0) is 24.6 Å². The molecule has 0 saturated heterocycles. The third-order valence-electron chi connectivity index (χ3n) is 2.18. The average molecular weight is 309 g/mol. The summed E-state index contributed by atoms with van der Waals surface area (Å²) < 4.78 is 37.2. The van der Waals surface area contributed by atoms with Gasteiger partial charge in [0, 0.05) is 18.1 Å². The molecule has 0 aliphatic rings. The highest BCUT2D eigenvalue weighted by Crippen LogP contribution is 2.14. The maximum atomic E-state index is 13.4. The van der Waals surface area contributed by atoms with Crippen LogP contribution in [0.5, 0.6) is 0 Å². The Balaban J connectivity index is 2.39. The molecule has 0 aliphatic heterocycles. The van der Waals surface area contributed by atoms with Crippen LogP contribution in [0.25, 0.3) is 0 Å². The van der Waals surface area contributed by atoms with Gasteiger partial charge in [-0.2, -0.15) is 0 Å². The quantitative estimate of drug-likeness (QED) is 0.774. The van der Waals surface area contributed by atoms with E-state index in [1.54, 1.807) is 0 Å². The van der Waals surface area contributed by atoms with E-state index in [4.69, 9.17) is 11.6 Å². The van der Waals surface area contributed by atoms with E-state index < -0.39 is 21.7 Å². The van der Waals surface area contributed by atoms with Crippen molar-refractivity contribution in [3.8, 4) is 0 Å². The zero-order valence-corrected chi connectivity index (χ0v) is 11.8. The highest BCUT2D eigenvalue weighted by atomic mass is 35.5. The highest BCUT2D eigenvalue weighted by molar-refractivity contribution is 7.88. The molecule has 5 nitrogen and oxygen atoms in total. The fraction of sp³-hybridized carbons (Fsp3) is 0.364. The predicted octanol–water partition coefficient (Wildman–Crippen LogP) is 1.15. The second-order valence-electron chi connectivity index (χ2n) is 3.90. The summed E-state index contributed by atoms with van der Waals surface area (Å²) in [6.45, 7) is 0.450. The van der Waals surface area contributed by atoms with Gasteiger partial charge >= 0.3 is 0 Å². The normalized spacial score (nSPS) is 11.3. The molecule has 0 spiro atoms. The van der Waals surface area contributed by atoms with Gasteiger partial charge < -0.3 is 5.32 Å². The SMILES string of the molecule is CS(=O)(=O)NCCCNC(=O)c1ccc(Cl)cc1F. The molecular weight excluding hydrogens is 295 g/mol. The summed E-state index contributed by atoms with van der Waals surface area (Å²) >= 11 is 5.57. The standard InChI is InChI=1S/C11H14ClFN2O3S/c1-19(17,18)15-6-2-5-14-11(16)9-4-3-8(12)7-10(9)13/h3-4,7,15H,2,5-6H2,1H3,(H,14,16). The number of rotatable bonds is 6. The van der Waals surface area contributed by atoms with Gasteiger partial charge in [0.05, 0.1) is 11.8 Å². The second kappa shape index (κ2) is 6.83. The number of carbonyl (C=O) groups is 1. The van der Waals surface area contributed by atoms with Crippen LogP contribution in [0.3, 0.4) is 0 Å². The lowest BCUT2D eigenvalue weighted by molar-refractivity contribution is 0.0949. The fourth-order valence-electron chi connectivity index (χ4n) is 1.32. The molecule has 0 bridgehead atoms. The Kier molecular flexibility index (Phi) is 5.71. The molecule has 0 heterocycles. The number of sulfonamides is 1. The molecule has 19 heavy (non-hydrogen) atoms. The van der Waals surface area contributed by atoms with Crippen molar-refractivity contribution >= 4 is 27.5 Å². The van der Waals surface area contributed by atoms with E-state index in [2.05, 4.69) is 10.0 Å². The van der Waals surface area contributed by atoms with Gasteiger partial charge in [0.2, 0.25) is 10.0 Å². The monoisotopic (exact) mass is 308 g/mol. The van der Waals surface area contributed by atoms with Crippen molar-refractivity contribution in [2.24, 2.45) is 0 Å². The minimum absolute atomic E-state index is 0.0968. The first kappa shape index (κ1) is 15.9. The van der Waals surface area contributed by atoms with Crippen LogP contribution in [0.15, 0.2) is 18.2 Å². The summed E-state index contributed by atoms with van der Waals surface area (Å²) in [5.74, 6) is -1.26. The molecule has 0 unspecified atom stereocenters. The van der Waals surface area contributed by atoms with Crippen LogP contribution in [0, 0.1) is 5.82 Å². The van der Waals surface area contributed by atoms with E-state index in [1.165, 1.54) is 12.1 Å². The smallest absolute Gasteiger partial charge is 0.254 e. The van der Waals surface area contributed by atoms with Crippen LogP contribution < -0.4 is 10.0 Å². The lowest BCUT2D eigenvalue weighted by atomic mass is 10.2. The van der Waals surface area contributed by atoms with Crippen molar-refractivity contribution in [1.82, 2.24) is 10.0 Å². The van der Waals surface area contributed by atoms with Gasteiger partial charge in [-0.1, -0.05) is 11.6 Å². The molecule has 1 amide bonds. The Bertz CT molecular complexity index is 563. The summed E-state index contributed by atoms with van der Waals surface area (Å²) in [5.41, 5.74) is -0.0968. The van der Waals surface area contributed by atoms with Crippen molar-refractivity contribution in [3.05, 3.63) is 34.6 Å². The predicted molar refractivity (Wildman–Crippen MR) is 71.2 cm³/mol. The average Bonchev–Trinajstić information content (AvgIpc) is 2.26. The summed E-state index contributed by atoms with van der Waals surface area (Å²) in [5, 5.41) is 2.70. The lowest BCUT2D eigenvalue weighted by Gasteiger charge is -2.06. The van der Waals surface area contributed by atoms with E-state index in [-0.39, 0.29) is 23.7 Å². The van der Waals surface area contributed by atoms with Gasteiger partial charge in [0.15, 0.2) is 0 Å². The lowest BCUT2D eigenvalue weighted by Crippen LogP contribution is -2.29. The van der Waals surface area contributed by atoms with Gasteiger partial charge in [-0.3, -0.25) is 4.79 Å². The molecule has 0 aliphatic carbocycles. The molecule has 1 rings (SSSR count). The zero-order chi connectivity index (χ0) is 14.5. The van der Waals surface area contributed by atoms with Crippen LogP contribution in [0.2, 0.25) is 5.02 Å². The Morgan fingerprint density at radius 3 is 2.63 bits per heavy atom. The number of carbonyl (C=O) groups excluding carboxylic acids is 1. The fourth-order valence-corrected chi connectivity index (χ4v) is 1.99. The third-order valence-corrected chi connectivity index (χ3v) is 3.14. The number of nitrogens with one attached hydrogen (secondary N) is 2. The molecule has 0 radical (unpaired) electrons. The van der Waals surface area contributed by atoms with Gasteiger partial charge in [-0.15, -0.1) is 0 Å². The van der Waals surface area contributed by atoms with Gasteiger partial charge in [-0.25, -0.2) is 17.5 Å². The second-order valence-corrected chi connectivity index (χ2v) is 6.17. The topological polar surface area (TPSA) is 75.3 Å². The molecule has 0 saturated carbocycles. The van der Waals surface area contributed by atoms with Crippen LogP contribution in [0.4, 0.5) is 4.39 Å². The summed E-state index contributed by atoms with van der Waals surface area (Å²) in [6.07, 6.45) is 1.46. The molecule has 106 valence electrons. The van der Waals surface area contributed by atoms with E-state index in [0.29, 0.717) is 6.42 Å². The number of hydrogen-bond donors (Lipinski definition) is 2. The first-order chi connectivity index (χ1) is 8.79. The molecule has 1 aromatic carbocycles. The molecule has 0 aromatic heterocycles. The van der Waals surface area contributed by atoms with E-state index in [0.717, 1.165) is 12.3 Å². The van der Waals surface area contributed by atoms with Crippen LogP contribution in [-0.4, -0.2) is 33.7 Å². The summed E-state index contributed by atoms with van der Waals surface area (Å²) in [7, 11) is -3.23. The Morgan fingerprint density at radius 2 is 2.05 bits per heavy atom. The largest absolute Gasteiger partial charge is 0.352 e. The number of hydrogen-bond acceptors (Lipinski definition) is 3. The van der Waals surface area contributed by atoms with Crippen molar-refractivity contribution in [3.63, 3.8) is 0 Å². The molecule has 0 atom stereocenters. The minimum Gasteiger partial charge on any atom is -0.352 e. The number of amides is 1. The minimum atomic E-state index is -3.23. The number of halogens is 2. The van der Waals surface area contributed by atoms with Gasteiger partial charge in [0.25, 0.3) is 5.91 Å². The van der Waals surface area contributed by atoms with Crippen molar-refractivity contribution in [2.45, 2.75) is 6.42 Å². The maximum absolute atomic E-state index is 13.4. The zero-order valence-electron chi connectivity index (χ0n) is 10.2. The molecule has 2 N–H and O–H groups in total. The number of benzene rings is 1. The van der Waals surface area contributed by atoms with Crippen molar-refractivity contribution in [2.75, 3.05) is 19.3 Å². The third kappa shape index (κ3) is 6.00. The summed E-state index contributed by atoms with van der Waals surface area (Å²) in [4.78, 5) is 11.6. The molecule has 0 fully saturated rings. The van der Waals surface area contributed by atoms with Crippen LogP contribution >= 0.6 is 11.6 Å². The molecular formula is C11H14ClFN2O3S. The Morgan fingerprint density at radius 1 is 1.37 bits per heavy atom. The van der Waals surface area contributed by atoms with E-state index in [1.807, 2.05) is 0 Å². The Hall–Kier alpha value is -1.18. The van der Waals surface area contributed by atoms with Crippen molar-refractivity contribution in [1.29, 1.82) is 0 Å². The first-order valence-corrected chi connectivity index (χ1v) is 7.74. The van der Waals surface area contributed by atoms with Gasteiger partial charge in [0.1, 0.15) is 5.82 Å². The van der Waals surface area contributed by atoms with E-state index >= 15 is 0 Å². The maximum Gasteiger partial charge on any atom is 0.254 e.